The summed E-state index contributed by atoms with van der Waals surface area (Å²) in [5, 5.41) is 9.40. The molecule has 17 heavy (non-hydrogen) atoms. The van der Waals surface area contributed by atoms with Crippen molar-refractivity contribution in [3.63, 3.8) is 0 Å². The Kier molecular flexibility index (Phi) is 2.93. The molecule has 0 bridgehead atoms. The first kappa shape index (κ1) is 12.1. The second-order valence-corrected chi connectivity index (χ2v) is 5.22. The van der Waals surface area contributed by atoms with E-state index >= 15 is 0 Å². The van der Waals surface area contributed by atoms with E-state index in [9.17, 15) is 5.11 Å². The Bertz CT molecular complexity index is 537. The first-order valence-corrected chi connectivity index (χ1v) is 5.79. The third-order valence-corrected chi connectivity index (χ3v) is 2.84. The van der Waals surface area contributed by atoms with Crippen LogP contribution < -0.4 is 5.73 Å². The second kappa shape index (κ2) is 4.13. The van der Waals surface area contributed by atoms with Crippen LogP contribution in [0.2, 0.25) is 0 Å². The highest BCUT2D eigenvalue weighted by atomic mass is 16.3. The number of fused-ring (bicyclic) bond motifs is 1. The molecule has 0 spiro atoms. The minimum Gasteiger partial charge on any atom is -0.388 e. The Hall–Kier alpha value is -1.39. The van der Waals surface area contributed by atoms with E-state index in [2.05, 4.69) is 30.3 Å². The monoisotopic (exact) mass is 233 g/mol. The number of nitrogens with zero attached hydrogens (tertiary/aromatic N) is 2. The quantitative estimate of drug-likeness (QED) is 0.830. The molecule has 1 aromatic carbocycles. The topological polar surface area (TPSA) is 64.1 Å². The van der Waals surface area contributed by atoms with Crippen molar-refractivity contribution in [3.8, 4) is 0 Å². The number of aliphatic hydroxyl groups excluding tert-OH is 1. The zero-order valence-electron chi connectivity index (χ0n) is 10.6. The summed E-state index contributed by atoms with van der Waals surface area (Å²) in [5.41, 5.74) is 8.51. The van der Waals surface area contributed by atoms with Crippen molar-refractivity contribution in [2.45, 2.75) is 39.5 Å². The molecule has 0 saturated heterocycles. The summed E-state index contributed by atoms with van der Waals surface area (Å²) in [4.78, 5) is 4.46. The van der Waals surface area contributed by atoms with Crippen molar-refractivity contribution in [1.29, 1.82) is 0 Å². The number of imidazole rings is 1. The zero-order chi connectivity index (χ0) is 12.6. The lowest BCUT2D eigenvalue weighted by Gasteiger charge is -2.24. The zero-order valence-corrected chi connectivity index (χ0v) is 10.6. The van der Waals surface area contributed by atoms with Crippen molar-refractivity contribution in [1.82, 2.24) is 9.55 Å². The lowest BCUT2D eigenvalue weighted by molar-refractivity contribution is 0.252. The highest BCUT2D eigenvalue weighted by Crippen LogP contribution is 2.25. The van der Waals surface area contributed by atoms with Gasteiger partial charge in [0.1, 0.15) is 12.4 Å². The van der Waals surface area contributed by atoms with Gasteiger partial charge < -0.3 is 15.4 Å². The molecule has 1 aromatic heterocycles. The van der Waals surface area contributed by atoms with E-state index in [1.165, 1.54) is 0 Å². The summed E-state index contributed by atoms with van der Waals surface area (Å²) < 4.78 is 2.07. The molecule has 92 valence electrons. The summed E-state index contributed by atoms with van der Waals surface area (Å²) in [6.07, 6.45) is 0. The molecule has 0 fully saturated rings. The number of nitrogens with two attached hydrogens (primary N) is 1. The average Bonchev–Trinajstić information content (AvgIpc) is 2.65. The van der Waals surface area contributed by atoms with Crippen LogP contribution in [0.3, 0.4) is 0 Å². The van der Waals surface area contributed by atoms with Gasteiger partial charge in [-0.25, -0.2) is 4.98 Å². The smallest absolute Gasteiger partial charge is 0.136 e. The fraction of sp³-hybridized carbons (Fsp3) is 0.462. The molecule has 0 aliphatic rings. The van der Waals surface area contributed by atoms with Gasteiger partial charge in [-0.1, -0.05) is 6.07 Å². The van der Waals surface area contributed by atoms with Crippen LogP contribution in [0.15, 0.2) is 18.2 Å². The molecule has 0 saturated carbocycles. The van der Waals surface area contributed by atoms with Crippen LogP contribution in [0.4, 0.5) is 0 Å². The van der Waals surface area contributed by atoms with E-state index < -0.39 is 0 Å². The van der Waals surface area contributed by atoms with Gasteiger partial charge in [0.05, 0.1) is 11.0 Å². The molecule has 4 heteroatoms. The predicted octanol–water partition coefficient (Wildman–Crippen LogP) is 1.74. The first-order valence-electron chi connectivity index (χ1n) is 5.79. The number of benzene rings is 1. The summed E-state index contributed by atoms with van der Waals surface area (Å²) in [5.74, 6) is 0.696. The number of aliphatic hydroxyl groups is 1. The normalized spacial score (nSPS) is 12.3. The van der Waals surface area contributed by atoms with Gasteiger partial charge in [0.25, 0.3) is 0 Å². The van der Waals surface area contributed by atoms with Crippen LogP contribution in [0.5, 0.6) is 0 Å². The van der Waals surface area contributed by atoms with Crippen LogP contribution >= 0.6 is 0 Å². The van der Waals surface area contributed by atoms with Gasteiger partial charge in [0.2, 0.25) is 0 Å². The number of hydrogen-bond acceptors (Lipinski definition) is 3. The lowest BCUT2D eigenvalue weighted by Crippen LogP contribution is -2.24. The van der Waals surface area contributed by atoms with E-state index in [0.717, 1.165) is 16.6 Å². The Morgan fingerprint density at radius 3 is 2.59 bits per heavy atom. The number of rotatable bonds is 2. The molecule has 0 unspecified atom stereocenters. The molecule has 0 radical (unpaired) electrons. The summed E-state index contributed by atoms with van der Waals surface area (Å²) in [6.45, 7) is 6.76. The molecular weight excluding hydrogens is 214 g/mol. The predicted molar refractivity (Wildman–Crippen MR) is 68.5 cm³/mol. The van der Waals surface area contributed by atoms with Crippen molar-refractivity contribution in [3.05, 3.63) is 29.6 Å². The van der Waals surface area contributed by atoms with E-state index in [4.69, 9.17) is 5.73 Å². The Labute approximate surface area is 101 Å². The molecule has 1 heterocycles. The van der Waals surface area contributed by atoms with Gasteiger partial charge in [-0.2, -0.15) is 0 Å². The fourth-order valence-electron chi connectivity index (χ4n) is 2.16. The van der Waals surface area contributed by atoms with E-state index in [0.29, 0.717) is 12.4 Å². The lowest BCUT2D eigenvalue weighted by atomic mass is 10.1. The van der Waals surface area contributed by atoms with Crippen LogP contribution in [0, 0.1) is 0 Å². The fourth-order valence-corrected chi connectivity index (χ4v) is 2.16. The maximum absolute atomic E-state index is 9.40. The first-order chi connectivity index (χ1) is 7.97. The molecular formula is C13H19N3O. The molecule has 0 aliphatic carbocycles. The highest BCUT2D eigenvalue weighted by molar-refractivity contribution is 5.77. The summed E-state index contributed by atoms with van der Waals surface area (Å²) in [7, 11) is 0. The number of hydrogen-bond donors (Lipinski definition) is 2. The third kappa shape index (κ3) is 2.06. The van der Waals surface area contributed by atoms with E-state index in [-0.39, 0.29) is 12.1 Å². The highest BCUT2D eigenvalue weighted by Gasteiger charge is 2.20. The van der Waals surface area contributed by atoms with Crippen LogP contribution in [-0.4, -0.2) is 14.7 Å². The molecule has 2 rings (SSSR count). The summed E-state index contributed by atoms with van der Waals surface area (Å²) >= 11 is 0. The third-order valence-electron chi connectivity index (χ3n) is 2.84. The van der Waals surface area contributed by atoms with Gasteiger partial charge in [-0.3, -0.25) is 0 Å². The van der Waals surface area contributed by atoms with Crippen molar-refractivity contribution >= 4 is 11.0 Å². The van der Waals surface area contributed by atoms with Crippen molar-refractivity contribution < 1.29 is 5.11 Å². The maximum atomic E-state index is 9.40. The molecule has 4 nitrogen and oxygen atoms in total. The van der Waals surface area contributed by atoms with Gasteiger partial charge in [0.15, 0.2) is 0 Å². The van der Waals surface area contributed by atoms with Gasteiger partial charge in [0, 0.05) is 12.1 Å². The molecule has 3 N–H and O–H groups in total. The van der Waals surface area contributed by atoms with Crippen molar-refractivity contribution in [2.24, 2.45) is 5.73 Å². The SMILES string of the molecule is CC(C)(C)n1c(CO)nc2cc(CN)ccc21. The van der Waals surface area contributed by atoms with Crippen LogP contribution in [0.25, 0.3) is 11.0 Å². The molecule has 2 aromatic rings. The standard InChI is InChI=1S/C13H19N3O/c1-13(2,3)16-11-5-4-9(7-14)6-10(11)15-12(16)8-17/h4-6,17H,7-8,14H2,1-3H3. The molecule has 0 aliphatic heterocycles. The second-order valence-electron chi connectivity index (χ2n) is 5.22. The van der Waals surface area contributed by atoms with E-state index in [1.54, 1.807) is 0 Å². The van der Waals surface area contributed by atoms with E-state index in [1.807, 2.05) is 18.2 Å². The minimum absolute atomic E-state index is 0.0517. The van der Waals surface area contributed by atoms with Crippen LogP contribution in [-0.2, 0) is 18.7 Å². The Balaban J connectivity index is 2.73. The average molecular weight is 233 g/mol. The molecule has 0 amide bonds. The van der Waals surface area contributed by atoms with Gasteiger partial charge >= 0.3 is 0 Å². The van der Waals surface area contributed by atoms with Gasteiger partial charge in [-0.15, -0.1) is 0 Å². The minimum atomic E-state index is -0.100. The largest absolute Gasteiger partial charge is 0.388 e. The van der Waals surface area contributed by atoms with Crippen molar-refractivity contribution in [2.75, 3.05) is 0 Å². The molecule has 0 atom stereocenters. The Morgan fingerprint density at radius 2 is 2.06 bits per heavy atom. The summed E-state index contributed by atoms with van der Waals surface area (Å²) in [6, 6.07) is 6.01. The van der Waals surface area contributed by atoms with Gasteiger partial charge in [-0.05, 0) is 38.5 Å². The number of aromatic nitrogens is 2. The van der Waals surface area contributed by atoms with Crippen LogP contribution in [0.1, 0.15) is 32.2 Å². The maximum Gasteiger partial charge on any atom is 0.136 e. The Morgan fingerprint density at radius 1 is 1.35 bits per heavy atom.